The van der Waals surface area contributed by atoms with Crippen molar-refractivity contribution in [1.29, 1.82) is 5.41 Å². The lowest BCUT2D eigenvalue weighted by atomic mass is 10.1. The molecule has 0 aliphatic carbocycles. The van der Waals surface area contributed by atoms with Crippen LogP contribution < -0.4 is 11.1 Å². The van der Waals surface area contributed by atoms with Crippen LogP contribution in [0.3, 0.4) is 0 Å². The molecule has 1 atom stereocenters. The van der Waals surface area contributed by atoms with E-state index in [1.54, 1.807) is 0 Å². The minimum Gasteiger partial charge on any atom is -0.384 e. The summed E-state index contributed by atoms with van der Waals surface area (Å²) in [5, 5.41) is 10.0. The van der Waals surface area contributed by atoms with Crippen molar-refractivity contribution in [1.82, 2.24) is 0 Å². The van der Waals surface area contributed by atoms with Crippen LogP contribution in [0.2, 0.25) is 0 Å². The number of rotatable bonds is 7. The summed E-state index contributed by atoms with van der Waals surface area (Å²) in [7, 11) is 3.00. The van der Waals surface area contributed by atoms with Gasteiger partial charge >= 0.3 is 6.18 Å². The minimum atomic E-state index is -4.58. The van der Waals surface area contributed by atoms with Crippen LogP contribution in [0.15, 0.2) is 18.2 Å². The molecule has 0 amide bonds. The SMILES string of the molecule is COCC(CNc1ccc(C(=N)N)c(C(F)(F)F)c1)OC. The molecule has 1 rings (SSSR count). The number of methoxy groups -OCH3 is 2. The van der Waals surface area contributed by atoms with Crippen LogP contribution in [0.1, 0.15) is 11.1 Å². The summed E-state index contributed by atoms with van der Waals surface area (Å²) >= 11 is 0. The molecule has 0 aliphatic rings. The predicted octanol–water partition coefficient (Wildman–Crippen LogP) is 2.06. The number of ether oxygens (including phenoxy) is 2. The fraction of sp³-hybridized carbons (Fsp3) is 0.462. The van der Waals surface area contributed by atoms with E-state index in [-0.39, 0.29) is 17.4 Å². The lowest BCUT2D eigenvalue weighted by Gasteiger charge is -2.18. The standard InChI is InChI=1S/C13H18F3N3O2/c1-20-7-9(21-2)6-19-8-3-4-10(12(17)18)11(5-8)13(14,15)16/h3-5,9,19H,6-7H2,1-2H3,(H3,17,18). The Morgan fingerprint density at radius 2 is 2.05 bits per heavy atom. The van der Waals surface area contributed by atoms with E-state index < -0.39 is 17.6 Å². The second-order valence-electron chi connectivity index (χ2n) is 4.37. The van der Waals surface area contributed by atoms with Gasteiger partial charge in [-0.2, -0.15) is 13.2 Å². The highest BCUT2D eigenvalue weighted by Gasteiger charge is 2.34. The molecule has 118 valence electrons. The van der Waals surface area contributed by atoms with Crippen LogP contribution in [-0.2, 0) is 15.7 Å². The summed E-state index contributed by atoms with van der Waals surface area (Å²) in [6, 6.07) is 3.54. The number of nitrogen functional groups attached to an aromatic ring is 1. The second kappa shape index (κ2) is 7.28. The number of amidine groups is 1. The molecule has 0 aliphatic heterocycles. The zero-order chi connectivity index (χ0) is 16.0. The van der Waals surface area contributed by atoms with Gasteiger partial charge in [-0.15, -0.1) is 0 Å². The van der Waals surface area contributed by atoms with Gasteiger partial charge in [0.05, 0.1) is 18.3 Å². The molecule has 0 heterocycles. The average Bonchev–Trinajstić information content (AvgIpc) is 2.42. The van der Waals surface area contributed by atoms with Crippen molar-refractivity contribution in [3.63, 3.8) is 0 Å². The highest BCUT2D eigenvalue weighted by molar-refractivity contribution is 5.97. The van der Waals surface area contributed by atoms with E-state index in [2.05, 4.69) is 5.32 Å². The third kappa shape index (κ3) is 4.91. The zero-order valence-corrected chi connectivity index (χ0v) is 11.8. The van der Waals surface area contributed by atoms with Gasteiger partial charge in [0.1, 0.15) is 5.84 Å². The van der Waals surface area contributed by atoms with Gasteiger partial charge in [0.2, 0.25) is 0 Å². The van der Waals surface area contributed by atoms with Crippen molar-refractivity contribution in [2.45, 2.75) is 12.3 Å². The number of nitrogens with one attached hydrogen (secondary N) is 2. The number of nitrogens with two attached hydrogens (primary N) is 1. The van der Waals surface area contributed by atoms with Gasteiger partial charge in [0, 0.05) is 32.0 Å². The van der Waals surface area contributed by atoms with Gasteiger partial charge in [0.15, 0.2) is 0 Å². The van der Waals surface area contributed by atoms with Crippen LogP contribution in [0.4, 0.5) is 18.9 Å². The maximum absolute atomic E-state index is 12.9. The van der Waals surface area contributed by atoms with E-state index in [0.29, 0.717) is 13.2 Å². The third-order valence-electron chi connectivity index (χ3n) is 2.83. The van der Waals surface area contributed by atoms with Crippen LogP contribution in [0.5, 0.6) is 0 Å². The first kappa shape index (κ1) is 17.3. The van der Waals surface area contributed by atoms with E-state index in [0.717, 1.165) is 6.07 Å². The van der Waals surface area contributed by atoms with E-state index in [1.807, 2.05) is 0 Å². The molecule has 0 bridgehead atoms. The number of benzene rings is 1. The molecule has 0 saturated heterocycles. The Bertz CT molecular complexity index is 492. The van der Waals surface area contributed by atoms with Crippen LogP contribution in [0.25, 0.3) is 0 Å². The maximum Gasteiger partial charge on any atom is 0.417 e. The van der Waals surface area contributed by atoms with Crippen LogP contribution in [0, 0.1) is 5.41 Å². The molecule has 1 aromatic rings. The normalized spacial score (nSPS) is 13.0. The Labute approximate surface area is 120 Å². The molecule has 8 heteroatoms. The van der Waals surface area contributed by atoms with E-state index >= 15 is 0 Å². The van der Waals surface area contributed by atoms with Crippen molar-refractivity contribution in [2.24, 2.45) is 5.73 Å². The first-order chi connectivity index (χ1) is 9.79. The van der Waals surface area contributed by atoms with Gasteiger partial charge in [-0.25, -0.2) is 0 Å². The summed E-state index contributed by atoms with van der Waals surface area (Å²) in [6.45, 7) is 0.613. The molecule has 0 saturated carbocycles. The maximum atomic E-state index is 12.9. The molecule has 21 heavy (non-hydrogen) atoms. The number of alkyl halides is 3. The Morgan fingerprint density at radius 3 is 2.52 bits per heavy atom. The summed E-state index contributed by atoms with van der Waals surface area (Å²) in [5.41, 5.74) is 4.16. The number of halogens is 3. The van der Waals surface area contributed by atoms with Crippen molar-refractivity contribution in [2.75, 3.05) is 32.7 Å². The molecule has 0 aromatic heterocycles. The van der Waals surface area contributed by atoms with Crippen LogP contribution in [-0.4, -0.2) is 39.3 Å². The largest absolute Gasteiger partial charge is 0.417 e. The first-order valence-corrected chi connectivity index (χ1v) is 6.10. The molecule has 0 fully saturated rings. The molecule has 4 N–H and O–H groups in total. The Hall–Kier alpha value is -1.80. The topological polar surface area (TPSA) is 80.4 Å². The summed E-state index contributed by atoms with van der Waals surface area (Å²) in [6.07, 6.45) is -4.86. The van der Waals surface area contributed by atoms with Gasteiger partial charge in [-0.3, -0.25) is 5.41 Å². The number of hydrogen-bond donors (Lipinski definition) is 3. The van der Waals surface area contributed by atoms with Crippen molar-refractivity contribution < 1.29 is 22.6 Å². The fourth-order valence-electron chi connectivity index (χ4n) is 1.75. The van der Waals surface area contributed by atoms with Crippen molar-refractivity contribution in [3.05, 3.63) is 29.3 Å². The quantitative estimate of drug-likeness (QED) is 0.532. The van der Waals surface area contributed by atoms with E-state index in [4.69, 9.17) is 20.6 Å². The van der Waals surface area contributed by atoms with E-state index in [1.165, 1.54) is 26.4 Å². The zero-order valence-electron chi connectivity index (χ0n) is 11.8. The Balaban J connectivity index is 2.93. The molecular formula is C13H18F3N3O2. The average molecular weight is 305 g/mol. The van der Waals surface area contributed by atoms with E-state index in [9.17, 15) is 13.2 Å². The fourth-order valence-corrected chi connectivity index (χ4v) is 1.75. The number of hydrogen-bond acceptors (Lipinski definition) is 4. The predicted molar refractivity (Wildman–Crippen MR) is 73.6 cm³/mol. The first-order valence-electron chi connectivity index (χ1n) is 6.10. The molecule has 5 nitrogen and oxygen atoms in total. The lowest BCUT2D eigenvalue weighted by Crippen LogP contribution is -2.27. The lowest BCUT2D eigenvalue weighted by molar-refractivity contribution is -0.137. The van der Waals surface area contributed by atoms with Crippen molar-refractivity contribution in [3.8, 4) is 0 Å². The highest BCUT2D eigenvalue weighted by Crippen LogP contribution is 2.33. The second-order valence-corrected chi connectivity index (χ2v) is 4.37. The van der Waals surface area contributed by atoms with Gasteiger partial charge in [0.25, 0.3) is 0 Å². The molecular weight excluding hydrogens is 287 g/mol. The highest BCUT2D eigenvalue weighted by atomic mass is 19.4. The minimum absolute atomic E-state index is 0.269. The van der Waals surface area contributed by atoms with Gasteiger partial charge < -0.3 is 20.5 Å². The van der Waals surface area contributed by atoms with Gasteiger partial charge in [-0.1, -0.05) is 0 Å². The smallest absolute Gasteiger partial charge is 0.384 e. The molecule has 1 aromatic carbocycles. The summed E-state index contributed by atoms with van der Waals surface area (Å²) < 4.78 is 48.9. The third-order valence-corrected chi connectivity index (χ3v) is 2.83. The molecule has 0 radical (unpaired) electrons. The van der Waals surface area contributed by atoms with Crippen LogP contribution >= 0.6 is 0 Å². The number of anilines is 1. The Morgan fingerprint density at radius 1 is 1.38 bits per heavy atom. The Kier molecular flexibility index (Phi) is 5.98. The monoisotopic (exact) mass is 305 g/mol. The summed E-state index contributed by atoms with van der Waals surface area (Å²) in [4.78, 5) is 0. The van der Waals surface area contributed by atoms with Crippen molar-refractivity contribution >= 4 is 11.5 Å². The van der Waals surface area contributed by atoms with Gasteiger partial charge in [-0.05, 0) is 18.2 Å². The molecule has 0 spiro atoms. The molecule has 1 unspecified atom stereocenters. The summed E-state index contributed by atoms with van der Waals surface area (Å²) in [5.74, 6) is -0.622.